The van der Waals surface area contributed by atoms with Crippen LogP contribution >= 0.6 is 23.2 Å². The number of carbonyl (C=O) groups excluding carboxylic acids is 2. The molecule has 1 heterocycles. The molecule has 2 rings (SSSR count). The lowest BCUT2D eigenvalue weighted by Gasteiger charge is -2.34. The Hall–Kier alpha value is -1.26. The highest BCUT2D eigenvalue weighted by Gasteiger charge is 2.34. The lowest BCUT2D eigenvalue weighted by Crippen LogP contribution is -2.48. The number of esters is 1. The molecule has 0 aromatic heterocycles. The van der Waals surface area contributed by atoms with Gasteiger partial charge in [-0.15, -0.1) is 0 Å². The molecule has 6 heteroatoms. The molecule has 1 atom stereocenters. The molecule has 0 N–H and O–H groups in total. The van der Waals surface area contributed by atoms with Crippen molar-refractivity contribution < 1.29 is 14.3 Å². The highest BCUT2D eigenvalue weighted by molar-refractivity contribution is 6.39. The van der Waals surface area contributed by atoms with Crippen LogP contribution < -0.4 is 0 Å². The van der Waals surface area contributed by atoms with Gasteiger partial charge in [0.15, 0.2) is 0 Å². The number of hydrogen-bond donors (Lipinski definition) is 0. The molecular weight excluding hydrogens is 301 g/mol. The van der Waals surface area contributed by atoms with E-state index in [0.29, 0.717) is 13.0 Å². The second kappa shape index (κ2) is 6.46. The van der Waals surface area contributed by atoms with Crippen LogP contribution in [0.25, 0.3) is 0 Å². The van der Waals surface area contributed by atoms with Crippen LogP contribution in [-0.4, -0.2) is 36.5 Å². The Kier molecular flexibility index (Phi) is 4.89. The molecule has 108 valence electrons. The summed E-state index contributed by atoms with van der Waals surface area (Å²) in [6.07, 6.45) is 2.33. The van der Waals surface area contributed by atoms with Gasteiger partial charge in [-0.1, -0.05) is 29.3 Å². The molecule has 1 aromatic carbocycles. The summed E-state index contributed by atoms with van der Waals surface area (Å²) < 4.78 is 4.77. The smallest absolute Gasteiger partial charge is 0.328 e. The van der Waals surface area contributed by atoms with Crippen LogP contribution in [-0.2, 0) is 9.53 Å². The summed E-state index contributed by atoms with van der Waals surface area (Å²) in [5.74, 6) is -0.725. The molecule has 0 unspecified atom stereocenters. The van der Waals surface area contributed by atoms with E-state index < -0.39 is 12.0 Å². The van der Waals surface area contributed by atoms with Crippen molar-refractivity contribution in [3.05, 3.63) is 33.8 Å². The molecule has 4 nitrogen and oxygen atoms in total. The average Bonchev–Trinajstić information content (AvgIpc) is 2.46. The van der Waals surface area contributed by atoms with E-state index in [2.05, 4.69) is 0 Å². The van der Waals surface area contributed by atoms with Crippen LogP contribution in [0.1, 0.15) is 29.6 Å². The first-order valence-electron chi connectivity index (χ1n) is 6.39. The second-order valence-corrected chi connectivity index (χ2v) is 5.44. The number of piperidine rings is 1. The maximum Gasteiger partial charge on any atom is 0.328 e. The Morgan fingerprint density at radius 2 is 1.90 bits per heavy atom. The normalized spacial score (nSPS) is 18.8. The second-order valence-electron chi connectivity index (χ2n) is 4.63. The summed E-state index contributed by atoms with van der Waals surface area (Å²) in [7, 11) is 1.32. The van der Waals surface area contributed by atoms with Crippen LogP contribution in [0.5, 0.6) is 0 Å². The van der Waals surface area contributed by atoms with Gasteiger partial charge in [-0.2, -0.15) is 0 Å². The summed E-state index contributed by atoms with van der Waals surface area (Å²) >= 11 is 12.1. The van der Waals surface area contributed by atoms with E-state index in [0.717, 1.165) is 12.8 Å². The number of hydrogen-bond acceptors (Lipinski definition) is 3. The van der Waals surface area contributed by atoms with Gasteiger partial charge < -0.3 is 9.64 Å². The molecule has 1 fully saturated rings. The van der Waals surface area contributed by atoms with E-state index in [1.807, 2.05) is 0 Å². The van der Waals surface area contributed by atoms with Crippen LogP contribution in [0.15, 0.2) is 18.2 Å². The number of ether oxygens (including phenoxy) is 1. The highest BCUT2D eigenvalue weighted by Crippen LogP contribution is 2.28. The maximum absolute atomic E-state index is 12.6. The number of halogens is 2. The summed E-state index contributed by atoms with van der Waals surface area (Å²) in [5.41, 5.74) is 0.242. The van der Waals surface area contributed by atoms with Crippen LogP contribution in [0, 0.1) is 0 Å². The Bertz CT molecular complexity index is 513. The number of carbonyl (C=O) groups is 2. The summed E-state index contributed by atoms with van der Waals surface area (Å²) in [4.78, 5) is 25.9. The SMILES string of the molecule is COC(=O)[C@H]1CCCCN1C(=O)c1c(Cl)cccc1Cl. The van der Waals surface area contributed by atoms with Gasteiger partial charge in [-0.25, -0.2) is 4.79 Å². The van der Waals surface area contributed by atoms with Crippen molar-refractivity contribution in [2.24, 2.45) is 0 Å². The summed E-state index contributed by atoms with van der Waals surface area (Å²) in [6, 6.07) is 4.33. The summed E-state index contributed by atoms with van der Waals surface area (Å²) in [5, 5.41) is 0.577. The Balaban J connectivity index is 2.33. The van der Waals surface area contributed by atoms with Crippen LogP contribution in [0.4, 0.5) is 0 Å². The fraction of sp³-hybridized carbons (Fsp3) is 0.429. The maximum atomic E-state index is 12.6. The lowest BCUT2D eigenvalue weighted by molar-refractivity contribution is -0.147. The molecule has 1 aliphatic rings. The molecule has 0 aliphatic carbocycles. The molecule has 0 bridgehead atoms. The zero-order chi connectivity index (χ0) is 14.7. The zero-order valence-electron chi connectivity index (χ0n) is 11.1. The fourth-order valence-electron chi connectivity index (χ4n) is 2.40. The summed E-state index contributed by atoms with van der Waals surface area (Å²) in [6.45, 7) is 0.500. The third-order valence-electron chi connectivity index (χ3n) is 3.41. The van der Waals surface area contributed by atoms with Crippen molar-refractivity contribution in [1.29, 1.82) is 0 Å². The number of rotatable bonds is 2. The van der Waals surface area contributed by atoms with Crippen LogP contribution in [0.2, 0.25) is 10.0 Å². The van der Waals surface area contributed by atoms with E-state index in [-0.39, 0.29) is 21.5 Å². The van der Waals surface area contributed by atoms with Gasteiger partial charge in [-0.05, 0) is 31.4 Å². The van der Waals surface area contributed by atoms with Gasteiger partial charge >= 0.3 is 5.97 Å². The Morgan fingerprint density at radius 3 is 2.50 bits per heavy atom. The molecule has 1 aromatic rings. The van der Waals surface area contributed by atoms with E-state index in [1.54, 1.807) is 18.2 Å². The molecule has 1 saturated heterocycles. The Morgan fingerprint density at radius 1 is 1.25 bits per heavy atom. The first-order valence-corrected chi connectivity index (χ1v) is 7.14. The van der Waals surface area contributed by atoms with Crippen molar-refractivity contribution in [3.8, 4) is 0 Å². The van der Waals surface area contributed by atoms with Crippen molar-refractivity contribution in [2.45, 2.75) is 25.3 Å². The number of methoxy groups -OCH3 is 1. The fourth-order valence-corrected chi connectivity index (χ4v) is 2.96. The third kappa shape index (κ3) is 2.91. The van der Waals surface area contributed by atoms with Crippen molar-refractivity contribution in [3.63, 3.8) is 0 Å². The van der Waals surface area contributed by atoms with E-state index in [9.17, 15) is 9.59 Å². The first kappa shape index (κ1) is 15.1. The average molecular weight is 316 g/mol. The first-order chi connectivity index (χ1) is 9.56. The standard InChI is InChI=1S/C14H15Cl2NO3/c1-20-14(19)11-7-2-3-8-17(11)13(18)12-9(15)5-4-6-10(12)16/h4-6,11H,2-3,7-8H2,1H3/t11-/m1/s1. The minimum absolute atomic E-state index is 0.242. The van der Waals surface area contributed by atoms with Gasteiger partial charge in [0.1, 0.15) is 6.04 Å². The topological polar surface area (TPSA) is 46.6 Å². The quantitative estimate of drug-likeness (QED) is 0.787. The number of nitrogens with zero attached hydrogens (tertiary/aromatic N) is 1. The molecule has 20 heavy (non-hydrogen) atoms. The van der Waals surface area contributed by atoms with Crippen molar-refractivity contribution in [2.75, 3.05) is 13.7 Å². The van der Waals surface area contributed by atoms with Gasteiger partial charge in [0.05, 0.1) is 22.7 Å². The largest absolute Gasteiger partial charge is 0.467 e. The number of amides is 1. The molecule has 0 spiro atoms. The Labute approximate surface area is 127 Å². The van der Waals surface area contributed by atoms with E-state index in [1.165, 1.54) is 12.0 Å². The van der Waals surface area contributed by atoms with Gasteiger partial charge in [-0.3, -0.25) is 4.79 Å². The van der Waals surface area contributed by atoms with E-state index >= 15 is 0 Å². The van der Waals surface area contributed by atoms with Crippen LogP contribution in [0.3, 0.4) is 0 Å². The number of benzene rings is 1. The predicted octanol–water partition coefficient (Wildman–Crippen LogP) is 3.16. The predicted molar refractivity (Wildman–Crippen MR) is 77.2 cm³/mol. The van der Waals surface area contributed by atoms with Gasteiger partial charge in [0.2, 0.25) is 0 Å². The molecule has 0 saturated carbocycles. The minimum Gasteiger partial charge on any atom is -0.467 e. The van der Waals surface area contributed by atoms with Crippen molar-refractivity contribution in [1.82, 2.24) is 4.90 Å². The molecule has 0 radical (unpaired) electrons. The third-order valence-corrected chi connectivity index (χ3v) is 4.04. The highest BCUT2D eigenvalue weighted by atomic mass is 35.5. The van der Waals surface area contributed by atoms with Crippen molar-refractivity contribution >= 4 is 35.1 Å². The van der Waals surface area contributed by atoms with E-state index in [4.69, 9.17) is 27.9 Å². The minimum atomic E-state index is -0.561. The molecular formula is C14H15Cl2NO3. The molecule has 1 aliphatic heterocycles. The lowest BCUT2D eigenvalue weighted by atomic mass is 10.0. The monoisotopic (exact) mass is 315 g/mol. The van der Waals surface area contributed by atoms with Gasteiger partial charge in [0, 0.05) is 6.54 Å². The van der Waals surface area contributed by atoms with Gasteiger partial charge in [0.25, 0.3) is 5.91 Å². The zero-order valence-corrected chi connectivity index (χ0v) is 12.6. The number of likely N-dealkylation sites (tertiary alicyclic amines) is 1. The molecule has 1 amide bonds.